The molecule has 0 saturated heterocycles. The Balaban J connectivity index is 1.47. The fraction of sp³-hybridized carbons (Fsp3) is 0.280. The largest absolute Gasteiger partial charge is 0.308 e. The van der Waals surface area contributed by atoms with Crippen LogP contribution in [0.3, 0.4) is 0 Å². The Labute approximate surface area is 192 Å². The van der Waals surface area contributed by atoms with Crippen LogP contribution >= 0.6 is 0 Å². The van der Waals surface area contributed by atoms with Crippen molar-refractivity contribution in [1.29, 1.82) is 0 Å². The van der Waals surface area contributed by atoms with E-state index in [1.54, 1.807) is 11.1 Å². The Kier molecular flexibility index (Phi) is 5.10. The highest BCUT2D eigenvalue weighted by Crippen LogP contribution is 2.44. The lowest BCUT2D eigenvalue weighted by Crippen LogP contribution is -2.41. The molecular formula is C25H24FN3O3S. The number of rotatable bonds is 3. The SMILES string of the molecule is C[C@@H]1[C@@H](C)c2cc(F)c(S(N)(=O)=O)cc2N1C(=O)C1Cc2ccc(-c3ccccn3)cc2C1. The highest BCUT2D eigenvalue weighted by Gasteiger charge is 2.41. The molecular weight excluding hydrogens is 441 g/mol. The molecule has 170 valence electrons. The van der Waals surface area contributed by atoms with Crippen molar-refractivity contribution in [2.24, 2.45) is 11.1 Å². The highest BCUT2D eigenvalue weighted by molar-refractivity contribution is 7.89. The molecule has 0 fully saturated rings. The van der Waals surface area contributed by atoms with Gasteiger partial charge in [-0.15, -0.1) is 0 Å². The third-order valence-electron chi connectivity index (χ3n) is 6.95. The molecule has 2 aromatic carbocycles. The summed E-state index contributed by atoms with van der Waals surface area (Å²) < 4.78 is 38.2. The van der Waals surface area contributed by atoms with Gasteiger partial charge in [-0.05, 0) is 66.8 Å². The number of carbonyl (C=O) groups is 1. The molecule has 6 nitrogen and oxygen atoms in total. The summed E-state index contributed by atoms with van der Waals surface area (Å²) in [5.74, 6) is -1.38. The van der Waals surface area contributed by atoms with Crippen LogP contribution in [0, 0.1) is 11.7 Å². The number of pyridine rings is 1. The van der Waals surface area contributed by atoms with E-state index < -0.39 is 20.7 Å². The quantitative estimate of drug-likeness (QED) is 0.637. The van der Waals surface area contributed by atoms with Gasteiger partial charge in [0.25, 0.3) is 0 Å². The number of nitrogens with two attached hydrogens (primary N) is 1. The van der Waals surface area contributed by atoms with Gasteiger partial charge in [-0.2, -0.15) is 0 Å². The zero-order valence-corrected chi connectivity index (χ0v) is 19.1. The van der Waals surface area contributed by atoms with E-state index in [1.165, 1.54) is 12.1 Å². The molecule has 0 bridgehead atoms. The number of anilines is 1. The van der Waals surface area contributed by atoms with E-state index in [1.807, 2.05) is 44.2 Å². The number of primary sulfonamides is 1. The van der Waals surface area contributed by atoms with Crippen molar-refractivity contribution in [1.82, 2.24) is 4.98 Å². The Morgan fingerprint density at radius 3 is 2.55 bits per heavy atom. The Bertz CT molecular complexity index is 1380. The Morgan fingerprint density at radius 1 is 1.09 bits per heavy atom. The molecule has 2 heterocycles. The smallest absolute Gasteiger partial charge is 0.241 e. The average molecular weight is 466 g/mol. The summed E-state index contributed by atoms with van der Waals surface area (Å²) in [4.78, 5) is 19.1. The van der Waals surface area contributed by atoms with Crippen LogP contribution in [0.15, 0.2) is 59.6 Å². The van der Waals surface area contributed by atoms with Crippen LogP contribution in [0.25, 0.3) is 11.3 Å². The summed E-state index contributed by atoms with van der Waals surface area (Å²) in [6.45, 7) is 3.81. The number of fused-ring (bicyclic) bond motifs is 2. The van der Waals surface area contributed by atoms with E-state index in [0.717, 1.165) is 22.4 Å². The molecule has 1 amide bonds. The fourth-order valence-corrected chi connectivity index (χ4v) is 5.66. The molecule has 8 heteroatoms. The van der Waals surface area contributed by atoms with Crippen LogP contribution in [-0.4, -0.2) is 25.4 Å². The van der Waals surface area contributed by atoms with Gasteiger partial charge in [0, 0.05) is 35.3 Å². The van der Waals surface area contributed by atoms with E-state index in [2.05, 4.69) is 11.1 Å². The summed E-state index contributed by atoms with van der Waals surface area (Å²) >= 11 is 0. The van der Waals surface area contributed by atoms with E-state index in [0.29, 0.717) is 24.1 Å². The van der Waals surface area contributed by atoms with Crippen molar-refractivity contribution in [3.63, 3.8) is 0 Å². The maximum absolute atomic E-state index is 14.5. The van der Waals surface area contributed by atoms with E-state index in [-0.39, 0.29) is 23.8 Å². The van der Waals surface area contributed by atoms with Crippen LogP contribution in [0.4, 0.5) is 10.1 Å². The van der Waals surface area contributed by atoms with Gasteiger partial charge in [0.05, 0.1) is 5.69 Å². The predicted molar refractivity (Wildman–Crippen MR) is 124 cm³/mol. The Morgan fingerprint density at radius 2 is 1.85 bits per heavy atom. The maximum Gasteiger partial charge on any atom is 0.241 e. The summed E-state index contributed by atoms with van der Waals surface area (Å²) in [5, 5.41) is 5.21. The molecule has 3 atom stereocenters. The maximum atomic E-state index is 14.5. The molecule has 0 saturated carbocycles. The first-order chi connectivity index (χ1) is 15.6. The van der Waals surface area contributed by atoms with Crippen LogP contribution in [0.2, 0.25) is 0 Å². The summed E-state index contributed by atoms with van der Waals surface area (Å²) in [6.07, 6.45) is 2.94. The van der Waals surface area contributed by atoms with Gasteiger partial charge in [-0.25, -0.2) is 17.9 Å². The molecule has 1 aromatic heterocycles. The minimum atomic E-state index is -4.25. The summed E-state index contributed by atoms with van der Waals surface area (Å²) in [7, 11) is -4.25. The molecule has 1 aliphatic carbocycles. The van der Waals surface area contributed by atoms with E-state index >= 15 is 0 Å². The number of nitrogens with zero attached hydrogens (tertiary/aromatic N) is 2. The van der Waals surface area contributed by atoms with Crippen molar-refractivity contribution in [3.8, 4) is 11.3 Å². The lowest BCUT2D eigenvalue weighted by molar-refractivity contribution is -0.122. The third kappa shape index (κ3) is 3.63. The molecule has 2 aliphatic rings. The van der Waals surface area contributed by atoms with Crippen LogP contribution in [-0.2, 0) is 27.7 Å². The van der Waals surface area contributed by atoms with Gasteiger partial charge >= 0.3 is 0 Å². The molecule has 0 radical (unpaired) electrons. The van der Waals surface area contributed by atoms with Crippen molar-refractivity contribution < 1.29 is 17.6 Å². The van der Waals surface area contributed by atoms with Gasteiger partial charge in [-0.3, -0.25) is 9.78 Å². The van der Waals surface area contributed by atoms with Crippen molar-refractivity contribution in [3.05, 3.63) is 77.2 Å². The monoisotopic (exact) mass is 465 g/mol. The van der Waals surface area contributed by atoms with Gasteiger partial charge < -0.3 is 4.90 Å². The lowest BCUT2D eigenvalue weighted by atomic mass is 9.98. The lowest BCUT2D eigenvalue weighted by Gasteiger charge is -2.27. The molecule has 0 spiro atoms. The second-order valence-electron chi connectivity index (χ2n) is 8.93. The van der Waals surface area contributed by atoms with Crippen LogP contribution < -0.4 is 10.0 Å². The zero-order chi connectivity index (χ0) is 23.5. The summed E-state index contributed by atoms with van der Waals surface area (Å²) in [6, 6.07) is 14.1. The van der Waals surface area contributed by atoms with Crippen molar-refractivity contribution in [2.45, 2.75) is 43.5 Å². The molecule has 1 unspecified atom stereocenters. The van der Waals surface area contributed by atoms with Crippen LogP contribution in [0.5, 0.6) is 0 Å². The number of carbonyl (C=O) groups excluding carboxylic acids is 1. The third-order valence-corrected chi connectivity index (χ3v) is 7.88. The van der Waals surface area contributed by atoms with Gasteiger partial charge in [-0.1, -0.05) is 25.1 Å². The number of halogens is 1. The minimum Gasteiger partial charge on any atom is -0.308 e. The second-order valence-corrected chi connectivity index (χ2v) is 10.5. The number of aromatic nitrogens is 1. The topological polar surface area (TPSA) is 93.4 Å². The fourth-order valence-electron chi connectivity index (χ4n) is 5.05. The van der Waals surface area contributed by atoms with E-state index in [4.69, 9.17) is 5.14 Å². The number of hydrogen-bond acceptors (Lipinski definition) is 4. The van der Waals surface area contributed by atoms with Crippen molar-refractivity contribution in [2.75, 3.05) is 4.90 Å². The first-order valence-electron chi connectivity index (χ1n) is 10.9. The Hall–Kier alpha value is -3.10. The van der Waals surface area contributed by atoms with Gasteiger partial charge in [0.2, 0.25) is 15.9 Å². The van der Waals surface area contributed by atoms with Crippen LogP contribution in [0.1, 0.15) is 36.5 Å². The first-order valence-corrected chi connectivity index (χ1v) is 12.4. The predicted octanol–water partition coefficient (Wildman–Crippen LogP) is 3.79. The molecule has 33 heavy (non-hydrogen) atoms. The van der Waals surface area contributed by atoms with Crippen molar-refractivity contribution >= 4 is 21.6 Å². The highest BCUT2D eigenvalue weighted by atomic mass is 32.2. The normalized spacial score (nSPS) is 21.7. The molecule has 5 rings (SSSR count). The first kappa shape index (κ1) is 21.7. The second kappa shape index (κ2) is 7.74. The minimum absolute atomic E-state index is 0.0873. The van der Waals surface area contributed by atoms with Gasteiger partial charge in [0.15, 0.2) is 0 Å². The standard InChI is InChI=1S/C25H24FN3O3S/c1-14-15(2)29(23-13-24(33(27,31)32)21(26)12-20(14)23)25(30)19-9-16-6-7-17(10-18(16)11-19)22-5-3-4-8-28-22/h3-8,10,12-15,19H,9,11H2,1-2H3,(H2,27,31,32)/t14-,15-,19?/m1/s1. The zero-order valence-electron chi connectivity index (χ0n) is 18.3. The number of amides is 1. The van der Waals surface area contributed by atoms with Gasteiger partial charge in [0.1, 0.15) is 10.7 Å². The average Bonchev–Trinajstić information content (AvgIpc) is 3.31. The molecule has 1 aliphatic heterocycles. The molecule has 3 aromatic rings. The molecule has 2 N–H and O–H groups in total. The number of benzene rings is 2. The van der Waals surface area contributed by atoms with E-state index in [9.17, 15) is 17.6 Å². The summed E-state index contributed by atoms with van der Waals surface area (Å²) in [5.41, 5.74) is 5.16. The number of hydrogen-bond donors (Lipinski definition) is 1. The number of sulfonamides is 1.